The Balaban J connectivity index is 1.62. The normalized spacial score (nSPS) is 18.5. The van der Waals surface area contributed by atoms with Gasteiger partial charge in [0, 0.05) is 16.6 Å². The molecule has 1 fully saturated rings. The molecule has 1 amide bonds. The van der Waals surface area contributed by atoms with Crippen molar-refractivity contribution in [2.24, 2.45) is 11.1 Å². The molecule has 1 saturated carbocycles. The first-order valence-electron chi connectivity index (χ1n) is 8.65. The third-order valence-corrected chi connectivity index (χ3v) is 4.63. The summed E-state index contributed by atoms with van der Waals surface area (Å²) in [7, 11) is 0. The maximum absolute atomic E-state index is 13.4. The Hall–Kier alpha value is -2.40. The minimum Gasteiger partial charge on any atom is -0.298 e. The van der Waals surface area contributed by atoms with E-state index in [1.165, 1.54) is 6.07 Å². The van der Waals surface area contributed by atoms with Crippen molar-refractivity contribution in [3.63, 3.8) is 0 Å². The molecule has 1 unspecified atom stereocenters. The number of oxime groups is 1. The number of halogens is 2. The van der Waals surface area contributed by atoms with Crippen LogP contribution < -0.4 is 5.32 Å². The van der Waals surface area contributed by atoms with Crippen LogP contribution in [-0.2, 0) is 11.3 Å². The molecule has 3 rings (SSSR count). The largest absolute Gasteiger partial charge is 0.437 e. The van der Waals surface area contributed by atoms with Gasteiger partial charge < -0.3 is 0 Å². The molecule has 0 aliphatic heterocycles. The van der Waals surface area contributed by atoms with Gasteiger partial charge in [-0.15, -0.1) is 0 Å². The topological polar surface area (TPSA) is 50.7 Å². The average Bonchev–Trinajstić information content (AvgIpc) is 2.61. The predicted molar refractivity (Wildman–Crippen MR) is 101 cm³/mol. The van der Waals surface area contributed by atoms with E-state index in [0.717, 1.165) is 37.0 Å². The van der Waals surface area contributed by atoms with Crippen molar-refractivity contribution in [3.8, 4) is 0 Å². The van der Waals surface area contributed by atoms with Gasteiger partial charge in [-0.1, -0.05) is 41.4 Å². The Morgan fingerprint density at radius 1 is 1.23 bits per heavy atom. The van der Waals surface area contributed by atoms with Gasteiger partial charge >= 0.3 is 6.09 Å². The molecule has 136 valence electrons. The Morgan fingerprint density at radius 2 is 2.08 bits per heavy atom. The van der Waals surface area contributed by atoms with Gasteiger partial charge in [0.2, 0.25) is 0 Å². The van der Waals surface area contributed by atoms with E-state index < -0.39 is 6.09 Å². The lowest BCUT2D eigenvalue weighted by Gasteiger charge is -2.23. The van der Waals surface area contributed by atoms with Crippen LogP contribution in [0.1, 0.15) is 31.2 Å². The van der Waals surface area contributed by atoms with E-state index in [1.807, 2.05) is 6.07 Å². The van der Waals surface area contributed by atoms with Crippen LogP contribution in [0.2, 0.25) is 5.02 Å². The molecular formula is C20H20ClFN2O2. The molecule has 1 aliphatic rings. The third kappa shape index (κ3) is 5.30. The molecule has 0 bridgehead atoms. The quantitative estimate of drug-likeness (QED) is 0.541. The average molecular weight is 375 g/mol. The second-order valence-electron chi connectivity index (χ2n) is 6.37. The smallest absolute Gasteiger partial charge is 0.298 e. The summed E-state index contributed by atoms with van der Waals surface area (Å²) in [4.78, 5) is 17.0. The van der Waals surface area contributed by atoms with Gasteiger partial charge in [0.15, 0.2) is 0 Å². The lowest BCUT2D eigenvalue weighted by Crippen LogP contribution is -2.23. The second-order valence-corrected chi connectivity index (χ2v) is 6.81. The highest BCUT2D eigenvalue weighted by Crippen LogP contribution is 2.26. The summed E-state index contributed by atoms with van der Waals surface area (Å²) in [5, 5.41) is 7.20. The maximum atomic E-state index is 13.4. The number of anilines is 1. The number of benzene rings is 2. The fourth-order valence-electron chi connectivity index (χ4n) is 3.16. The number of amides is 1. The molecule has 2 aromatic carbocycles. The van der Waals surface area contributed by atoms with Crippen LogP contribution >= 0.6 is 11.6 Å². The van der Waals surface area contributed by atoms with E-state index >= 15 is 0 Å². The monoisotopic (exact) mass is 374 g/mol. The maximum Gasteiger partial charge on any atom is 0.437 e. The van der Waals surface area contributed by atoms with Crippen LogP contribution in [0.25, 0.3) is 0 Å². The molecule has 0 aromatic heterocycles. The zero-order chi connectivity index (χ0) is 18.4. The van der Waals surface area contributed by atoms with Crippen molar-refractivity contribution in [1.82, 2.24) is 0 Å². The van der Waals surface area contributed by atoms with Crippen molar-refractivity contribution < 1.29 is 14.0 Å². The Kier molecular flexibility index (Phi) is 6.23. The summed E-state index contributed by atoms with van der Waals surface area (Å²) in [6.07, 6.45) is 3.87. The Labute approximate surface area is 157 Å². The number of nitrogens with one attached hydrogen (secondary N) is 1. The van der Waals surface area contributed by atoms with Crippen LogP contribution in [0.4, 0.5) is 14.9 Å². The van der Waals surface area contributed by atoms with E-state index in [1.54, 1.807) is 36.4 Å². The van der Waals surface area contributed by atoms with E-state index in [-0.39, 0.29) is 11.7 Å². The number of carbonyl (C=O) groups is 1. The minimum atomic E-state index is -0.658. The van der Waals surface area contributed by atoms with Gasteiger partial charge in [-0.3, -0.25) is 10.2 Å². The summed E-state index contributed by atoms with van der Waals surface area (Å²) in [6.45, 7) is 0. The SMILES string of the molecule is O=C(Nc1cccc(Cl)c1)O/N=C1\CCCCC1Cc1cccc(F)c1. The van der Waals surface area contributed by atoms with E-state index in [9.17, 15) is 9.18 Å². The number of nitrogens with zero attached hydrogens (tertiary/aromatic N) is 1. The van der Waals surface area contributed by atoms with Crippen LogP contribution in [0.15, 0.2) is 53.7 Å². The first-order valence-corrected chi connectivity index (χ1v) is 9.03. The first kappa shape index (κ1) is 18.4. The molecule has 2 aromatic rings. The molecule has 26 heavy (non-hydrogen) atoms. The summed E-state index contributed by atoms with van der Waals surface area (Å²) < 4.78 is 13.4. The van der Waals surface area contributed by atoms with E-state index in [4.69, 9.17) is 16.4 Å². The molecule has 0 saturated heterocycles. The van der Waals surface area contributed by atoms with Gasteiger partial charge in [0.05, 0.1) is 5.71 Å². The summed E-state index contributed by atoms with van der Waals surface area (Å²) in [5.41, 5.74) is 2.32. The highest BCUT2D eigenvalue weighted by Gasteiger charge is 2.22. The predicted octanol–water partition coefficient (Wildman–Crippen LogP) is 5.82. The highest BCUT2D eigenvalue weighted by atomic mass is 35.5. The fraction of sp³-hybridized carbons (Fsp3) is 0.300. The number of hydrogen-bond donors (Lipinski definition) is 1. The molecule has 1 atom stereocenters. The zero-order valence-electron chi connectivity index (χ0n) is 14.3. The van der Waals surface area contributed by atoms with Gasteiger partial charge in [-0.2, -0.15) is 0 Å². The second kappa shape index (κ2) is 8.81. The van der Waals surface area contributed by atoms with Crippen molar-refractivity contribution >= 4 is 29.1 Å². The van der Waals surface area contributed by atoms with Crippen molar-refractivity contribution in [3.05, 3.63) is 64.9 Å². The van der Waals surface area contributed by atoms with Gasteiger partial charge in [0.1, 0.15) is 5.82 Å². The van der Waals surface area contributed by atoms with Gasteiger partial charge in [-0.05, 0) is 61.6 Å². The van der Waals surface area contributed by atoms with Crippen molar-refractivity contribution in [2.45, 2.75) is 32.1 Å². The molecule has 0 radical (unpaired) electrons. The number of rotatable bonds is 4. The molecular weight excluding hydrogens is 355 g/mol. The van der Waals surface area contributed by atoms with Crippen LogP contribution in [0.3, 0.4) is 0 Å². The van der Waals surface area contributed by atoms with Crippen molar-refractivity contribution in [2.75, 3.05) is 5.32 Å². The first-order chi connectivity index (χ1) is 12.6. The summed E-state index contributed by atoms with van der Waals surface area (Å²) in [5.74, 6) is -0.0848. The highest BCUT2D eigenvalue weighted by molar-refractivity contribution is 6.30. The summed E-state index contributed by atoms with van der Waals surface area (Å²) >= 11 is 5.89. The van der Waals surface area contributed by atoms with Crippen LogP contribution in [0, 0.1) is 11.7 Å². The Bertz CT molecular complexity index is 810. The lowest BCUT2D eigenvalue weighted by molar-refractivity contribution is 0.165. The van der Waals surface area contributed by atoms with Crippen LogP contribution in [0.5, 0.6) is 0 Å². The molecule has 6 heteroatoms. The minimum absolute atomic E-state index is 0.157. The third-order valence-electron chi connectivity index (χ3n) is 4.39. The van der Waals surface area contributed by atoms with E-state index in [0.29, 0.717) is 17.1 Å². The number of hydrogen-bond acceptors (Lipinski definition) is 3. The van der Waals surface area contributed by atoms with Gasteiger partial charge in [-0.25, -0.2) is 9.18 Å². The van der Waals surface area contributed by atoms with Gasteiger partial charge in [0.25, 0.3) is 0 Å². The zero-order valence-corrected chi connectivity index (χ0v) is 15.0. The molecule has 4 nitrogen and oxygen atoms in total. The lowest BCUT2D eigenvalue weighted by atomic mass is 9.83. The van der Waals surface area contributed by atoms with Crippen molar-refractivity contribution in [1.29, 1.82) is 0 Å². The Morgan fingerprint density at radius 3 is 2.88 bits per heavy atom. The standard InChI is InChI=1S/C20H20ClFN2O2/c21-16-7-4-9-18(13-16)23-20(25)26-24-19-10-2-1-6-15(19)11-14-5-3-8-17(22)12-14/h3-5,7-9,12-13,15H,1-2,6,10-11H2,(H,23,25)/b24-19+. The fourth-order valence-corrected chi connectivity index (χ4v) is 3.35. The van der Waals surface area contributed by atoms with Crippen LogP contribution in [-0.4, -0.2) is 11.8 Å². The number of carbonyl (C=O) groups excluding carboxylic acids is 1. The molecule has 1 N–H and O–H groups in total. The molecule has 1 aliphatic carbocycles. The summed E-state index contributed by atoms with van der Waals surface area (Å²) in [6, 6.07) is 13.4. The molecule has 0 heterocycles. The van der Waals surface area contributed by atoms with E-state index in [2.05, 4.69) is 10.5 Å². The molecule has 0 spiro atoms.